The van der Waals surface area contributed by atoms with Crippen LogP contribution in [-0.2, 0) is 9.53 Å². The van der Waals surface area contributed by atoms with Crippen molar-refractivity contribution in [2.45, 2.75) is 31.9 Å². The average Bonchev–Trinajstić information content (AvgIpc) is 2.40. The molecule has 1 aliphatic heterocycles. The van der Waals surface area contributed by atoms with Crippen molar-refractivity contribution < 1.29 is 9.53 Å². The lowest BCUT2D eigenvalue weighted by atomic mass is 10.00. The standard InChI is InChI=1S/C15H22N2O2/c1-2-19-13-9-6-10-17(11-13)14(15(16)18)12-7-4-3-5-8-12/h3-5,7-8,13-14H,2,6,9-11H2,1H3,(H2,16,18)/t13-,14-/m1/s1. The van der Waals surface area contributed by atoms with Gasteiger partial charge in [0.1, 0.15) is 6.04 Å². The van der Waals surface area contributed by atoms with Crippen LogP contribution < -0.4 is 5.73 Å². The predicted octanol–water partition coefficient (Wildman–Crippen LogP) is 1.71. The molecular weight excluding hydrogens is 240 g/mol. The van der Waals surface area contributed by atoms with Crippen LogP contribution in [0.25, 0.3) is 0 Å². The largest absolute Gasteiger partial charge is 0.377 e. The zero-order valence-electron chi connectivity index (χ0n) is 11.4. The molecule has 1 aliphatic rings. The molecule has 4 heteroatoms. The summed E-state index contributed by atoms with van der Waals surface area (Å²) in [4.78, 5) is 13.9. The Balaban J connectivity index is 2.13. The third-order valence-corrected chi connectivity index (χ3v) is 3.56. The number of piperidine rings is 1. The number of benzene rings is 1. The molecule has 0 bridgehead atoms. The van der Waals surface area contributed by atoms with Gasteiger partial charge in [0.2, 0.25) is 5.91 Å². The van der Waals surface area contributed by atoms with Crippen LogP contribution in [0, 0.1) is 0 Å². The van der Waals surface area contributed by atoms with Gasteiger partial charge in [-0.05, 0) is 31.9 Å². The van der Waals surface area contributed by atoms with E-state index >= 15 is 0 Å². The highest BCUT2D eigenvalue weighted by molar-refractivity contribution is 5.81. The molecule has 1 amide bonds. The van der Waals surface area contributed by atoms with Crippen LogP contribution in [0.3, 0.4) is 0 Å². The van der Waals surface area contributed by atoms with Crippen molar-refractivity contribution >= 4 is 5.91 Å². The summed E-state index contributed by atoms with van der Waals surface area (Å²) in [5.41, 5.74) is 6.56. The fourth-order valence-electron chi connectivity index (χ4n) is 2.76. The number of primary amides is 1. The van der Waals surface area contributed by atoms with Gasteiger partial charge in [0.15, 0.2) is 0 Å². The summed E-state index contributed by atoms with van der Waals surface area (Å²) in [6, 6.07) is 9.40. The fourth-order valence-corrected chi connectivity index (χ4v) is 2.76. The van der Waals surface area contributed by atoms with E-state index in [1.807, 2.05) is 37.3 Å². The van der Waals surface area contributed by atoms with Crippen molar-refractivity contribution in [3.8, 4) is 0 Å². The summed E-state index contributed by atoms with van der Waals surface area (Å²) in [6.07, 6.45) is 2.32. The average molecular weight is 262 g/mol. The molecule has 4 nitrogen and oxygen atoms in total. The molecule has 1 saturated heterocycles. The van der Waals surface area contributed by atoms with Crippen molar-refractivity contribution in [1.29, 1.82) is 0 Å². The molecule has 0 radical (unpaired) electrons. The second kappa shape index (κ2) is 6.68. The molecule has 2 N–H and O–H groups in total. The maximum absolute atomic E-state index is 11.8. The number of likely N-dealkylation sites (tertiary alicyclic amines) is 1. The molecule has 0 aliphatic carbocycles. The SMILES string of the molecule is CCO[C@@H]1CCCN([C@@H](C(N)=O)c2ccccc2)C1. The zero-order valence-corrected chi connectivity index (χ0v) is 11.4. The highest BCUT2D eigenvalue weighted by Gasteiger charge is 2.30. The number of rotatable bonds is 5. The van der Waals surface area contributed by atoms with Crippen LogP contribution in [0.4, 0.5) is 0 Å². The lowest BCUT2D eigenvalue weighted by Crippen LogP contribution is -2.46. The third-order valence-electron chi connectivity index (χ3n) is 3.56. The topological polar surface area (TPSA) is 55.6 Å². The van der Waals surface area contributed by atoms with Gasteiger partial charge in [-0.25, -0.2) is 0 Å². The summed E-state index contributed by atoms with van der Waals surface area (Å²) in [7, 11) is 0. The van der Waals surface area contributed by atoms with E-state index in [-0.39, 0.29) is 18.1 Å². The second-order valence-corrected chi connectivity index (χ2v) is 4.93. The fraction of sp³-hybridized carbons (Fsp3) is 0.533. The molecule has 2 rings (SSSR count). The number of ether oxygens (including phenoxy) is 1. The number of hydrogen-bond acceptors (Lipinski definition) is 3. The van der Waals surface area contributed by atoms with E-state index in [1.54, 1.807) is 0 Å². The highest BCUT2D eigenvalue weighted by atomic mass is 16.5. The Morgan fingerprint density at radius 2 is 2.21 bits per heavy atom. The first-order chi connectivity index (χ1) is 9.22. The number of nitrogens with two attached hydrogens (primary N) is 1. The molecule has 0 unspecified atom stereocenters. The molecular formula is C15H22N2O2. The van der Waals surface area contributed by atoms with E-state index in [0.717, 1.165) is 31.5 Å². The highest BCUT2D eigenvalue weighted by Crippen LogP contribution is 2.25. The Morgan fingerprint density at radius 3 is 2.84 bits per heavy atom. The number of carbonyl (C=O) groups is 1. The normalized spacial score (nSPS) is 22.1. The van der Waals surface area contributed by atoms with Crippen molar-refractivity contribution in [2.75, 3.05) is 19.7 Å². The van der Waals surface area contributed by atoms with E-state index in [4.69, 9.17) is 10.5 Å². The summed E-state index contributed by atoms with van der Waals surface area (Å²) in [5.74, 6) is -0.289. The number of amides is 1. The van der Waals surface area contributed by atoms with E-state index in [2.05, 4.69) is 4.90 Å². The Bertz CT molecular complexity index is 406. The first kappa shape index (κ1) is 14.0. The van der Waals surface area contributed by atoms with E-state index in [9.17, 15) is 4.79 Å². The van der Waals surface area contributed by atoms with Crippen LogP contribution >= 0.6 is 0 Å². The minimum atomic E-state index is -0.343. The number of nitrogens with zero attached hydrogens (tertiary/aromatic N) is 1. The maximum Gasteiger partial charge on any atom is 0.239 e. The van der Waals surface area contributed by atoms with Gasteiger partial charge in [0, 0.05) is 13.2 Å². The molecule has 0 aromatic heterocycles. The van der Waals surface area contributed by atoms with Crippen LogP contribution in [0.1, 0.15) is 31.4 Å². The van der Waals surface area contributed by atoms with Gasteiger partial charge >= 0.3 is 0 Å². The van der Waals surface area contributed by atoms with Gasteiger partial charge in [-0.1, -0.05) is 30.3 Å². The first-order valence-electron chi connectivity index (χ1n) is 6.92. The van der Waals surface area contributed by atoms with Gasteiger partial charge < -0.3 is 10.5 Å². The minimum absolute atomic E-state index is 0.212. The Kier molecular flexibility index (Phi) is 4.93. The quantitative estimate of drug-likeness (QED) is 0.879. The summed E-state index contributed by atoms with van der Waals surface area (Å²) in [6.45, 7) is 4.38. The smallest absolute Gasteiger partial charge is 0.239 e. The van der Waals surface area contributed by atoms with Gasteiger partial charge in [0.25, 0.3) is 0 Å². The van der Waals surface area contributed by atoms with Crippen LogP contribution in [0.2, 0.25) is 0 Å². The van der Waals surface area contributed by atoms with Gasteiger partial charge in [-0.2, -0.15) is 0 Å². The molecule has 1 heterocycles. The molecule has 0 saturated carbocycles. The van der Waals surface area contributed by atoms with Gasteiger partial charge in [-0.3, -0.25) is 9.69 Å². The Morgan fingerprint density at radius 1 is 1.47 bits per heavy atom. The summed E-state index contributed by atoms with van der Waals surface area (Å²) >= 11 is 0. The van der Waals surface area contributed by atoms with Gasteiger partial charge in [0.05, 0.1) is 6.10 Å². The summed E-state index contributed by atoms with van der Waals surface area (Å²) in [5, 5.41) is 0. The van der Waals surface area contributed by atoms with Crippen LogP contribution in [0.15, 0.2) is 30.3 Å². The van der Waals surface area contributed by atoms with Crippen molar-refractivity contribution in [1.82, 2.24) is 4.90 Å². The van der Waals surface area contributed by atoms with E-state index in [1.165, 1.54) is 0 Å². The van der Waals surface area contributed by atoms with Gasteiger partial charge in [-0.15, -0.1) is 0 Å². The number of carbonyl (C=O) groups excluding carboxylic acids is 1. The zero-order chi connectivity index (χ0) is 13.7. The lowest BCUT2D eigenvalue weighted by molar-refractivity contribution is -0.125. The van der Waals surface area contributed by atoms with Crippen LogP contribution in [0.5, 0.6) is 0 Å². The van der Waals surface area contributed by atoms with Crippen molar-refractivity contribution in [3.05, 3.63) is 35.9 Å². The minimum Gasteiger partial charge on any atom is -0.377 e. The van der Waals surface area contributed by atoms with Crippen LogP contribution in [-0.4, -0.2) is 36.6 Å². The monoisotopic (exact) mass is 262 g/mol. The maximum atomic E-state index is 11.8. The molecule has 0 spiro atoms. The second-order valence-electron chi connectivity index (χ2n) is 4.93. The molecule has 1 fully saturated rings. The number of hydrogen-bond donors (Lipinski definition) is 1. The van der Waals surface area contributed by atoms with E-state index in [0.29, 0.717) is 6.61 Å². The Hall–Kier alpha value is -1.39. The van der Waals surface area contributed by atoms with E-state index < -0.39 is 0 Å². The van der Waals surface area contributed by atoms with Crippen molar-refractivity contribution in [2.24, 2.45) is 5.73 Å². The lowest BCUT2D eigenvalue weighted by Gasteiger charge is -2.36. The Labute approximate surface area is 114 Å². The molecule has 1 aromatic carbocycles. The molecule has 104 valence electrons. The van der Waals surface area contributed by atoms with Crippen molar-refractivity contribution in [3.63, 3.8) is 0 Å². The summed E-state index contributed by atoms with van der Waals surface area (Å²) < 4.78 is 5.69. The molecule has 1 aromatic rings. The first-order valence-corrected chi connectivity index (χ1v) is 6.92. The molecule has 19 heavy (non-hydrogen) atoms. The predicted molar refractivity (Wildman–Crippen MR) is 74.6 cm³/mol. The third kappa shape index (κ3) is 3.55. The molecule has 2 atom stereocenters.